The summed E-state index contributed by atoms with van der Waals surface area (Å²) >= 11 is 0. The Balaban J connectivity index is 1.88. The van der Waals surface area contributed by atoms with E-state index >= 15 is 0 Å². The first-order valence-electron chi connectivity index (χ1n) is 7.50. The first-order chi connectivity index (χ1) is 11.2. The van der Waals surface area contributed by atoms with E-state index in [1.807, 2.05) is 24.3 Å². The van der Waals surface area contributed by atoms with E-state index < -0.39 is 0 Å². The molecule has 5 nitrogen and oxygen atoms in total. The summed E-state index contributed by atoms with van der Waals surface area (Å²) in [5.74, 6) is 1.50. The molecule has 0 fully saturated rings. The molecule has 0 saturated carbocycles. The number of fused-ring (bicyclic) bond motifs is 1. The number of rotatable bonds is 5. The molecule has 3 rings (SSSR count). The maximum atomic E-state index is 5.62. The highest BCUT2D eigenvalue weighted by molar-refractivity contribution is 6.05. The second-order valence-electron chi connectivity index (χ2n) is 5.31. The Morgan fingerprint density at radius 2 is 2.09 bits per heavy atom. The SMILES string of the molecule is C=C/C(=C\C(=C)C1=Nc2nc(CN)[nH]c2CC1)c1ccncc1. The second kappa shape index (κ2) is 6.54. The minimum absolute atomic E-state index is 0.390. The molecule has 1 aliphatic rings. The molecule has 23 heavy (non-hydrogen) atoms. The van der Waals surface area contributed by atoms with E-state index in [0.717, 1.165) is 52.6 Å². The molecule has 0 bridgehead atoms. The van der Waals surface area contributed by atoms with E-state index in [0.29, 0.717) is 6.54 Å². The van der Waals surface area contributed by atoms with Crippen LogP contribution in [0.3, 0.4) is 0 Å². The lowest BCUT2D eigenvalue weighted by Crippen LogP contribution is -2.07. The molecule has 2 aromatic rings. The Morgan fingerprint density at radius 3 is 2.78 bits per heavy atom. The molecule has 0 unspecified atom stereocenters. The molecule has 0 saturated heterocycles. The zero-order valence-electron chi connectivity index (χ0n) is 12.9. The van der Waals surface area contributed by atoms with Gasteiger partial charge in [-0.1, -0.05) is 19.2 Å². The van der Waals surface area contributed by atoms with Crippen molar-refractivity contribution in [1.29, 1.82) is 0 Å². The zero-order valence-corrected chi connectivity index (χ0v) is 12.9. The van der Waals surface area contributed by atoms with E-state index in [9.17, 15) is 0 Å². The Morgan fingerprint density at radius 1 is 1.30 bits per heavy atom. The van der Waals surface area contributed by atoms with Crippen molar-refractivity contribution in [2.75, 3.05) is 0 Å². The molecular weight excluding hydrogens is 286 g/mol. The molecule has 1 aliphatic heterocycles. The van der Waals surface area contributed by atoms with Gasteiger partial charge in [0.15, 0.2) is 5.82 Å². The van der Waals surface area contributed by atoms with Crippen LogP contribution in [0.4, 0.5) is 5.82 Å². The van der Waals surface area contributed by atoms with Crippen LogP contribution in [-0.4, -0.2) is 20.7 Å². The molecule has 0 aliphatic carbocycles. The largest absolute Gasteiger partial charge is 0.343 e. The number of aromatic amines is 1. The van der Waals surface area contributed by atoms with Gasteiger partial charge in [-0.05, 0) is 47.8 Å². The maximum absolute atomic E-state index is 5.62. The lowest BCUT2D eigenvalue weighted by molar-refractivity contribution is 0.918. The van der Waals surface area contributed by atoms with Crippen LogP contribution in [0.15, 0.2) is 60.4 Å². The second-order valence-corrected chi connectivity index (χ2v) is 5.31. The molecular formula is C18H19N5. The number of aryl methyl sites for hydroxylation is 1. The van der Waals surface area contributed by atoms with E-state index in [-0.39, 0.29) is 0 Å². The van der Waals surface area contributed by atoms with Crippen molar-refractivity contribution in [3.8, 4) is 0 Å². The van der Waals surface area contributed by atoms with Crippen LogP contribution in [0.25, 0.3) is 5.57 Å². The maximum Gasteiger partial charge on any atom is 0.173 e. The average molecular weight is 305 g/mol. The first kappa shape index (κ1) is 15.1. The predicted molar refractivity (Wildman–Crippen MR) is 93.4 cm³/mol. The highest BCUT2D eigenvalue weighted by Crippen LogP contribution is 2.26. The van der Waals surface area contributed by atoms with Crippen LogP contribution in [0.1, 0.15) is 23.5 Å². The van der Waals surface area contributed by atoms with E-state index in [4.69, 9.17) is 5.73 Å². The Bertz CT molecular complexity index is 796. The van der Waals surface area contributed by atoms with Gasteiger partial charge in [-0.15, -0.1) is 0 Å². The van der Waals surface area contributed by atoms with Crippen LogP contribution in [0.2, 0.25) is 0 Å². The van der Waals surface area contributed by atoms with Crippen molar-refractivity contribution in [1.82, 2.24) is 15.0 Å². The fourth-order valence-corrected chi connectivity index (χ4v) is 2.55. The van der Waals surface area contributed by atoms with Gasteiger partial charge in [0.05, 0.1) is 12.2 Å². The summed E-state index contributed by atoms with van der Waals surface area (Å²) in [5, 5.41) is 0. The Kier molecular flexibility index (Phi) is 4.30. The number of imidazole rings is 1. The van der Waals surface area contributed by atoms with Gasteiger partial charge in [0.1, 0.15) is 5.82 Å². The quantitative estimate of drug-likeness (QED) is 0.833. The number of nitrogens with two attached hydrogens (primary N) is 1. The van der Waals surface area contributed by atoms with Gasteiger partial charge < -0.3 is 10.7 Å². The standard InChI is InChI=1S/C18H19N5/c1-3-13(14-6-8-20-9-7-14)10-12(2)15-4-5-16-18(22-15)23-17(11-19)21-16/h3,6-10H,1-2,4-5,11,19H2,(H,21,23)/b13-10+. The van der Waals surface area contributed by atoms with E-state index in [1.54, 1.807) is 12.4 Å². The molecule has 3 N–H and O–H groups in total. The molecule has 0 atom stereocenters. The van der Waals surface area contributed by atoms with Gasteiger partial charge in [0.2, 0.25) is 0 Å². The summed E-state index contributed by atoms with van der Waals surface area (Å²) in [6, 6.07) is 3.89. The van der Waals surface area contributed by atoms with Crippen molar-refractivity contribution in [2.24, 2.45) is 10.7 Å². The smallest absolute Gasteiger partial charge is 0.173 e. The van der Waals surface area contributed by atoms with Crippen molar-refractivity contribution in [3.05, 3.63) is 72.5 Å². The number of hydrogen-bond donors (Lipinski definition) is 2. The lowest BCUT2D eigenvalue weighted by atomic mass is 9.98. The number of aliphatic imine (C=N–C) groups is 1. The predicted octanol–water partition coefficient (Wildman–Crippen LogP) is 3.11. The number of H-pyrrole nitrogens is 1. The van der Waals surface area contributed by atoms with Gasteiger partial charge >= 0.3 is 0 Å². The normalized spacial score (nSPS) is 14.1. The Hall–Kier alpha value is -2.79. The monoisotopic (exact) mass is 305 g/mol. The number of pyridine rings is 1. The highest BCUT2D eigenvalue weighted by atomic mass is 15.1. The van der Waals surface area contributed by atoms with Crippen LogP contribution < -0.4 is 5.73 Å². The summed E-state index contributed by atoms with van der Waals surface area (Å²) in [6.45, 7) is 8.43. The lowest BCUT2D eigenvalue weighted by Gasteiger charge is -2.12. The molecule has 3 heterocycles. The number of aromatic nitrogens is 3. The minimum Gasteiger partial charge on any atom is -0.343 e. The molecule has 0 spiro atoms. The molecule has 116 valence electrons. The van der Waals surface area contributed by atoms with Crippen LogP contribution in [0, 0.1) is 0 Å². The Labute approximate surface area is 135 Å². The topological polar surface area (TPSA) is 80.0 Å². The average Bonchev–Trinajstić information content (AvgIpc) is 3.02. The zero-order chi connectivity index (χ0) is 16.2. The van der Waals surface area contributed by atoms with Gasteiger partial charge in [-0.2, -0.15) is 0 Å². The summed E-state index contributed by atoms with van der Waals surface area (Å²) < 4.78 is 0. The number of allylic oxidation sites excluding steroid dienone is 4. The van der Waals surface area contributed by atoms with Crippen molar-refractivity contribution < 1.29 is 0 Å². The summed E-state index contributed by atoms with van der Waals surface area (Å²) in [6.07, 6.45) is 9.04. The third kappa shape index (κ3) is 3.19. The number of hydrogen-bond acceptors (Lipinski definition) is 4. The summed E-state index contributed by atoms with van der Waals surface area (Å²) in [7, 11) is 0. The third-order valence-corrected chi connectivity index (χ3v) is 3.79. The summed E-state index contributed by atoms with van der Waals surface area (Å²) in [5.41, 5.74) is 10.5. The molecule has 0 radical (unpaired) electrons. The molecule has 0 amide bonds. The number of nitrogens with zero attached hydrogens (tertiary/aromatic N) is 3. The van der Waals surface area contributed by atoms with Gasteiger partial charge in [-0.3, -0.25) is 4.98 Å². The molecule has 2 aromatic heterocycles. The van der Waals surface area contributed by atoms with Gasteiger partial charge in [0.25, 0.3) is 0 Å². The van der Waals surface area contributed by atoms with E-state index in [2.05, 4.69) is 33.1 Å². The van der Waals surface area contributed by atoms with Crippen molar-refractivity contribution in [3.63, 3.8) is 0 Å². The minimum atomic E-state index is 0.390. The highest BCUT2D eigenvalue weighted by Gasteiger charge is 2.17. The fourth-order valence-electron chi connectivity index (χ4n) is 2.55. The third-order valence-electron chi connectivity index (χ3n) is 3.79. The van der Waals surface area contributed by atoms with Crippen molar-refractivity contribution in [2.45, 2.75) is 19.4 Å². The fraction of sp³-hybridized carbons (Fsp3) is 0.167. The van der Waals surface area contributed by atoms with Crippen LogP contribution >= 0.6 is 0 Å². The van der Waals surface area contributed by atoms with Gasteiger partial charge in [0, 0.05) is 18.1 Å². The first-order valence-corrected chi connectivity index (χ1v) is 7.50. The number of nitrogens with one attached hydrogen (secondary N) is 1. The molecule has 5 heteroatoms. The van der Waals surface area contributed by atoms with E-state index in [1.165, 1.54) is 0 Å². The molecule has 0 aromatic carbocycles. The summed E-state index contributed by atoms with van der Waals surface area (Å²) in [4.78, 5) is 16.3. The van der Waals surface area contributed by atoms with Gasteiger partial charge in [-0.25, -0.2) is 9.98 Å². The van der Waals surface area contributed by atoms with Crippen LogP contribution in [-0.2, 0) is 13.0 Å². The van der Waals surface area contributed by atoms with Crippen molar-refractivity contribution >= 4 is 17.1 Å². The van der Waals surface area contributed by atoms with Crippen LogP contribution in [0.5, 0.6) is 0 Å².